The smallest absolute Gasteiger partial charge is 0.228 e. The molecule has 2 aromatic carbocycles. The number of aromatic nitrogens is 1. The standard InChI is InChI=1S/C14H10ClNO2/c15-10-6-7-12-11(8-10)16-14(18-12)13(17)9-4-2-1-3-5-9/h1-8,13,17H/t13-/m0/s1. The normalized spacial score (nSPS) is 12.8. The summed E-state index contributed by atoms with van der Waals surface area (Å²) < 4.78 is 5.52. The zero-order valence-electron chi connectivity index (χ0n) is 9.38. The van der Waals surface area contributed by atoms with Crippen LogP contribution in [0.3, 0.4) is 0 Å². The fourth-order valence-electron chi connectivity index (χ4n) is 1.81. The third-order valence-electron chi connectivity index (χ3n) is 2.72. The minimum atomic E-state index is -0.864. The van der Waals surface area contributed by atoms with E-state index < -0.39 is 6.10 Å². The number of fused-ring (bicyclic) bond motifs is 1. The van der Waals surface area contributed by atoms with Crippen molar-refractivity contribution < 1.29 is 9.52 Å². The minimum absolute atomic E-state index is 0.276. The summed E-state index contributed by atoms with van der Waals surface area (Å²) in [5.74, 6) is 0.276. The molecule has 3 nitrogen and oxygen atoms in total. The largest absolute Gasteiger partial charge is 0.437 e. The van der Waals surface area contributed by atoms with E-state index in [2.05, 4.69) is 4.98 Å². The molecule has 90 valence electrons. The first-order valence-corrected chi connectivity index (χ1v) is 5.91. The molecule has 1 N–H and O–H groups in total. The summed E-state index contributed by atoms with van der Waals surface area (Å²) in [7, 11) is 0. The van der Waals surface area contributed by atoms with Crippen LogP contribution in [0.15, 0.2) is 52.9 Å². The molecule has 18 heavy (non-hydrogen) atoms. The van der Waals surface area contributed by atoms with E-state index in [-0.39, 0.29) is 5.89 Å². The van der Waals surface area contributed by atoms with Crippen molar-refractivity contribution in [3.63, 3.8) is 0 Å². The highest BCUT2D eigenvalue weighted by Crippen LogP contribution is 2.26. The van der Waals surface area contributed by atoms with Crippen LogP contribution in [0.5, 0.6) is 0 Å². The lowest BCUT2D eigenvalue weighted by atomic mass is 10.1. The van der Waals surface area contributed by atoms with Crippen molar-refractivity contribution in [3.05, 3.63) is 65.0 Å². The van der Waals surface area contributed by atoms with Gasteiger partial charge in [-0.15, -0.1) is 0 Å². The average molecular weight is 260 g/mol. The fourth-order valence-corrected chi connectivity index (χ4v) is 1.98. The summed E-state index contributed by atoms with van der Waals surface area (Å²) in [5, 5.41) is 10.8. The Morgan fingerprint density at radius 3 is 2.67 bits per heavy atom. The number of nitrogens with zero attached hydrogens (tertiary/aromatic N) is 1. The first kappa shape index (κ1) is 11.3. The van der Waals surface area contributed by atoms with Crippen LogP contribution >= 0.6 is 11.6 Å². The minimum Gasteiger partial charge on any atom is -0.437 e. The van der Waals surface area contributed by atoms with Crippen LogP contribution in [0.4, 0.5) is 0 Å². The lowest BCUT2D eigenvalue weighted by Crippen LogP contribution is -1.99. The van der Waals surface area contributed by atoms with Crippen molar-refractivity contribution in [2.24, 2.45) is 0 Å². The lowest BCUT2D eigenvalue weighted by Gasteiger charge is -2.05. The Morgan fingerprint density at radius 1 is 1.11 bits per heavy atom. The van der Waals surface area contributed by atoms with Crippen LogP contribution in [0, 0.1) is 0 Å². The van der Waals surface area contributed by atoms with Crippen molar-refractivity contribution in [2.45, 2.75) is 6.10 Å². The molecular formula is C14H10ClNO2. The lowest BCUT2D eigenvalue weighted by molar-refractivity contribution is 0.185. The second-order valence-corrected chi connectivity index (χ2v) is 4.41. The van der Waals surface area contributed by atoms with E-state index in [4.69, 9.17) is 16.0 Å². The molecule has 0 aliphatic carbocycles. The summed E-state index contributed by atoms with van der Waals surface area (Å²) in [4.78, 5) is 4.25. The Balaban J connectivity index is 2.04. The van der Waals surface area contributed by atoms with Gasteiger partial charge in [0.05, 0.1) is 0 Å². The molecule has 1 aromatic heterocycles. The number of oxazole rings is 1. The summed E-state index contributed by atoms with van der Waals surface area (Å²) in [6, 6.07) is 14.4. The Labute approximate surface area is 109 Å². The molecule has 3 aromatic rings. The summed E-state index contributed by atoms with van der Waals surface area (Å²) in [6.45, 7) is 0. The van der Waals surface area contributed by atoms with Crippen LogP contribution in [0.2, 0.25) is 5.02 Å². The van der Waals surface area contributed by atoms with Gasteiger partial charge in [0.25, 0.3) is 0 Å². The summed E-state index contributed by atoms with van der Waals surface area (Å²) in [5.41, 5.74) is 2.01. The molecule has 0 saturated carbocycles. The van der Waals surface area contributed by atoms with Crippen LogP contribution in [0.25, 0.3) is 11.1 Å². The van der Waals surface area contributed by atoms with Gasteiger partial charge in [-0.05, 0) is 23.8 Å². The fraction of sp³-hybridized carbons (Fsp3) is 0.0714. The Morgan fingerprint density at radius 2 is 1.89 bits per heavy atom. The topological polar surface area (TPSA) is 46.3 Å². The molecule has 0 aliphatic heterocycles. The highest BCUT2D eigenvalue weighted by Gasteiger charge is 2.17. The second kappa shape index (κ2) is 4.44. The third-order valence-corrected chi connectivity index (χ3v) is 2.95. The van der Waals surface area contributed by atoms with E-state index in [0.29, 0.717) is 16.1 Å². The highest BCUT2D eigenvalue weighted by atomic mass is 35.5. The Kier molecular flexibility index (Phi) is 2.78. The highest BCUT2D eigenvalue weighted by molar-refractivity contribution is 6.31. The van der Waals surface area contributed by atoms with Crippen molar-refractivity contribution in [1.29, 1.82) is 0 Å². The number of benzene rings is 2. The van der Waals surface area contributed by atoms with E-state index >= 15 is 0 Å². The van der Waals surface area contributed by atoms with E-state index in [9.17, 15) is 5.11 Å². The molecule has 0 bridgehead atoms. The van der Waals surface area contributed by atoms with Gasteiger partial charge in [-0.3, -0.25) is 0 Å². The number of hydrogen-bond acceptors (Lipinski definition) is 3. The first-order valence-electron chi connectivity index (χ1n) is 5.53. The quantitative estimate of drug-likeness (QED) is 0.765. The molecule has 1 atom stereocenters. The maximum Gasteiger partial charge on any atom is 0.228 e. The van der Waals surface area contributed by atoms with Gasteiger partial charge in [-0.25, -0.2) is 4.98 Å². The van der Waals surface area contributed by atoms with E-state index in [0.717, 1.165) is 5.56 Å². The number of aliphatic hydroxyl groups is 1. The van der Waals surface area contributed by atoms with Gasteiger partial charge in [0.2, 0.25) is 5.89 Å². The average Bonchev–Trinajstić information content (AvgIpc) is 2.81. The molecule has 0 fully saturated rings. The number of rotatable bonds is 2. The number of halogens is 1. The number of aliphatic hydroxyl groups excluding tert-OH is 1. The molecule has 0 aliphatic rings. The Bertz CT molecular complexity index is 679. The molecule has 3 rings (SSSR count). The van der Waals surface area contributed by atoms with Crippen molar-refractivity contribution in [1.82, 2.24) is 4.98 Å². The van der Waals surface area contributed by atoms with Gasteiger partial charge in [0, 0.05) is 5.02 Å². The van der Waals surface area contributed by atoms with Crippen molar-refractivity contribution >= 4 is 22.7 Å². The van der Waals surface area contributed by atoms with Crippen molar-refractivity contribution in [2.75, 3.05) is 0 Å². The van der Waals surface area contributed by atoms with Crippen molar-refractivity contribution in [3.8, 4) is 0 Å². The van der Waals surface area contributed by atoms with Gasteiger partial charge in [-0.2, -0.15) is 0 Å². The SMILES string of the molecule is O[C@@H](c1ccccc1)c1nc2cc(Cl)ccc2o1. The predicted molar refractivity (Wildman–Crippen MR) is 69.5 cm³/mol. The Hall–Kier alpha value is -1.84. The van der Waals surface area contributed by atoms with Crippen LogP contribution in [0.1, 0.15) is 17.6 Å². The maximum atomic E-state index is 10.2. The van der Waals surface area contributed by atoms with E-state index in [1.807, 2.05) is 30.3 Å². The molecule has 4 heteroatoms. The molecule has 0 radical (unpaired) electrons. The van der Waals surface area contributed by atoms with Gasteiger partial charge in [0.15, 0.2) is 11.7 Å². The van der Waals surface area contributed by atoms with E-state index in [1.54, 1.807) is 18.2 Å². The van der Waals surface area contributed by atoms with Crippen LogP contribution < -0.4 is 0 Å². The zero-order chi connectivity index (χ0) is 12.5. The number of hydrogen-bond donors (Lipinski definition) is 1. The molecule has 0 unspecified atom stereocenters. The molecule has 0 amide bonds. The first-order chi connectivity index (χ1) is 8.74. The van der Waals surface area contributed by atoms with Gasteiger partial charge < -0.3 is 9.52 Å². The van der Waals surface area contributed by atoms with Crippen LogP contribution in [-0.2, 0) is 0 Å². The zero-order valence-corrected chi connectivity index (χ0v) is 10.1. The molecule has 1 heterocycles. The summed E-state index contributed by atoms with van der Waals surface area (Å²) >= 11 is 5.88. The van der Waals surface area contributed by atoms with Gasteiger partial charge in [0.1, 0.15) is 5.52 Å². The van der Waals surface area contributed by atoms with Gasteiger partial charge in [-0.1, -0.05) is 41.9 Å². The maximum absolute atomic E-state index is 10.2. The monoisotopic (exact) mass is 259 g/mol. The van der Waals surface area contributed by atoms with Gasteiger partial charge >= 0.3 is 0 Å². The summed E-state index contributed by atoms with van der Waals surface area (Å²) in [6.07, 6.45) is -0.864. The van der Waals surface area contributed by atoms with E-state index in [1.165, 1.54) is 0 Å². The second-order valence-electron chi connectivity index (χ2n) is 3.98. The third kappa shape index (κ3) is 1.98. The molecule has 0 spiro atoms. The van der Waals surface area contributed by atoms with Crippen LogP contribution in [-0.4, -0.2) is 10.1 Å². The molecular weight excluding hydrogens is 250 g/mol. The predicted octanol–water partition coefficient (Wildman–Crippen LogP) is 3.56. The molecule has 0 saturated heterocycles.